The minimum Gasteiger partial charge on any atom is -0.493 e. The Balaban J connectivity index is 1.14. The van der Waals surface area contributed by atoms with E-state index in [0.717, 1.165) is 41.0 Å². The van der Waals surface area contributed by atoms with E-state index in [4.69, 9.17) is 14.2 Å². The van der Waals surface area contributed by atoms with Crippen molar-refractivity contribution in [2.24, 2.45) is 5.92 Å². The third-order valence-electron chi connectivity index (χ3n) is 8.26. The molecule has 2 aliphatic heterocycles. The molecular weight excluding hydrogens is 522 g/mol. The number of rotatable bonds is 11. The van der Waals surface area contributed by atoms with E-state index in [2.05, 4.69) is 4.98 Å². The smallest absolute Gasteiger partial charge is 0.324 e. The zero-order valence-electron chi connectivity index (χ0n) is 23.8. The van der Waals surface area contributed by atoms with E-state index < -0.39 is 0 Å². The number of methoxy groups -OCH3 is 1. The summed E-state index contributed by atoms with van der Waals surface area (Å²) in [5.41, 5.74) is 2.58. The molecule has 0 bridgehead atoms. The standard InChI is InChI=1S/C31H39N5O5/c1-39-27-8-7-25(20-28(27)41-17-2-4-23-5-6-23)36-13-3-12-35(31(36)38)21-24-9-11-32-30-26(24)10-14-34(30)22-29(37)33-15-18-40-19-16-33/h7-11,14,20,23H,2-6,12-13,15-19,21-22H2,1H3. The van der Waals surface area contributed by atoms with E-state index in [1.165, 1.54) is 19.3 Å². The summed E-state index contributed by atoms with van der Waals surface area (Å²) in [5.74, 6) is 2.29. The Labute approximate surface area is 240 Å². The number of amides is 3. The molecular formula is C31H39N5O5. The number of benzene rings is 1. The molecule has 6 rings (SSSR count). The number of pyridine rings is 1. The van der Waals surface area contributed by atoms with E-state index in [9.17, 15) is 9.59 Å². The van der Waals surface area contributed by atoms with Gasteiger partial charge in [-0.15, -0.1) is 0 Å². The highest BCUT2D eigenvalue weighted by Crippen LogP contribution is 2.35. The Kier molecular flexibility index (Phi) is 8.27. The van der Waals surface area contributed by atoms with Gasteiger partial charge in [-0.25, -0.2) is 9.78 Å². The number of anilines is 1. The number of urea groups is 1. The quantitative estimate of drug-likeness (QED) is 0.324. The fourth-order valence-electron chi connectivity index (χ4n) is 5.75. The fourth-order valence-corrected chi connectivity index (χ4v) is 5.75. The van der Waals surface area contributed by atoms with Crippen molar-refractivity contribution in [3.8, 4) is 11.5 Å². The van der Waals surface area contributed by atoms with Gasteiger partial charge in [-0.05, 0) is 55.0 Å². The Hall–Kier alpha value is -3.79. The second-order valence-electron chi connectivity index (χ2n) is 11.1. The molecule has 218 valence electrons. The van der Waals surface area contributed by atoms with Gasteiger partial charge in [0.1, 0.15) is 12.2 Å². The van der Waals surface area contributed by atoms with Gasteiger partial charge in [-0.3, -0.25) is 9.69 Å². The van der Waals surface area contributed by atoms with Gasteiger partial charge < -0.3 is 28.6 Å². The Bertz CT molecular complexity index is 1380. The maximum Gasteiger partial charge on any atom is 0.324 e. The van der Waals surface area contributed by atoms with E-state index in [1.54, 1.807) is 13.3 Å². The van der Waals surface area contributed by atoms with Crippen molar-refractivity contribution in [3.63, 3.8) is 0 Å². The largest absolute Gasteiger partial charge is 0.493 e. The van der Waals surface area contributed by atoms with Crippen molar-refractivity contribution in [3.05, 3.63) is 48.3 Å². The molecule has 1 saturated carbocycles. The number of hydrogen-bond acceptors (Lipinski definition) is 6. The molecule has 0 unspecified atom stereocenters. The first-order valence-electron chi connectivity index (χ1n) is 14.8. The molecule has 2 aromatic heterocycles. The van der Waals surface area contributed by atoms with Crippen LogP contribution in [0, 0.1) is 5.92 Å². The van der Waals surface area contributed by atoms with Crippen molar-refractivity contribution in [1.29, 1.82) is 0 Å². The van der Waals surface area contributed by atoms with Gasteiger partial charge in [0.2, 0.25) is 5.91 Å². The van der Waals surface area contributed by atoms with E-state index in [1.807, 2.05) is 55.8 Å². The molecule has 3 aromatic rings. The van der Waals surface area contributed by atoms with Crippen LogP contribution in [0.4, 0.5) is 10.5 Å². The van der Waals surface area contributed by atoms with Crippen LogP contribution in [0.25, 0.3) is 11.0 Å². The van der Waals surface area contributed by atoms with Crippen molar-refractivity contribution >= 4 is 28.7 Å². The molecule has 3 amide bonds. The van der Waals surface area contributed by atoms with Gasteiger partial charge in [-0.2, -0.15) is 0 Å². The molecule has 3 aliphatic rings. The predicted molar refractivity (Wildman–Crippen MR) is 155 cm³/mol. The first-order valence-corrected chi connectivity index (χ1v) is 14.8. The molecule has 1 aromatic carbocycles. The summed E-state index contributed by atoms with van der Waals surface area (Å²) < 4.78 is 18.9. The molecule has 1 aliphatic carbocycles. The molecule has 0 N–H and O–H groups in total. The summed E-state index contributed by atoms with van der Waals surface area (Å²) in [5, 5.41) is 0.957. The summed E-state index contributed by atoms with van der Waals surface area (Å²) in [4.78, 5) is 36.7. The van der Waals surface area contributed by atoms with Gasteiger partial charge in [-0.1, -0.05) is 12.8 Å². The molecule has 4 heterocycles. The molecule has 10 nitrogen and oxygen atoms in total. The van der Waals surface area contributed by atoms with Crippen molar-refractivity contribution < 1.29 is 23.8 Å². The zero-order chi connectivity index (χ0) is 28.2. The lowest BCUT2D eigenvalue weighted by Gasteiger charge is -2.36. The number of morpholine rings is 1. The van der Waals surface area contributed by atoms with Crippen molar-refractivity contribution in [2.45, 2.75) is 45.2 Å². The number of ether oxygens (including phenoxy) is 3. The summed E-state index contributed by atoms with van der Waals surface area (Å²) in [6.07, 6.45) is 9.45. The maximum absolute atomic E-state index is 13.7. The van der Waals surface area contributed by atoms with Crippen molar-refractivity contribution in [1.82, 2.24) is 19.4 Å². The Morgan fingerprint density at radius 2 is 1.93 bits per heavy atom. The van der Waals surface area contributed by atoms with Crippen LogP contribution < -0.4 is 14.4 Å². The van der Waals surface area contributed by atoms with Crippen LogP contribution in [0.2, 0.25) is 0 Å². The van der Waals surface area contributed by atoms with Crippen LogP contribution in [0.1, 0.15) is 37.7 Å². The van der Waals surface area contributed by atoms with Crippen LogP contribution in [0.5, 0.6) is 11.5 Å². The lowest BCUT2D eigenvalue weighted by atomic mass is 10.1. The lowest BCUT2D eigenvalue weighted by Crippen LogP contribution is -2.49. The second kappa shape index (κ2) is 12.4. The number of fused-ring (bicyclic) bond motifs is 1. The van der Waals surface area contributed by atoms with E-state index in [-0.39, 0.29) is 18.5 Å². The third kappa shape index (κ3) is 6.27. The zero-order valence-corrected chi connectivity index (χ0v) is 23.8. The average Bonchev–Trinajstić information content (AvgIpc) is 3.75. The fraction of sp³-hybridized carbons (Fsp3) is 0.516. The molecule has 3 fully saturated rings. The van der Waals surface area contributed by atoms with Gasteiger partial charge in [0, 0.05) is 62.3 Å². The number of carbonyl (C=O) groups is 2. The molecule has 0 spiro atoms. The predicted octanol–water partition coefficient (Wildman–Crippen LogP) is 4.31. The van der Waals surface area contributed by atoms with Gasteiger partial charge in [0.25, 0.3) is 0 Å². The first-order chi connectivity index (χ1) is 20.1. The summed E-state index contributed by atoms with van der Waals surface area (Å²) >= 11 is 0. The normalized spacial score (nSPS) is 17.8. The minimum atomic E-state index is -0.0343. The topological polar surface area (TPSA) is 89.4 Å². The van der Waals surface area contributed by atoms with E-state index >= 15 is 0 Å². The number of hydrogen-bond donors (Lipinski definition) is 0. The van der Waals surface area contributed by atoms with Crippen LogP contribution >= 0.6 is 0 Å². The lowest BCUT2D eigenvalue weighted by molar-refractivity contribution is -0.135. The Morgan fingerprint density at radius 1 is 1.07 bits per heavy atom. The maximum atomic E-state index is 13.7. The summed E-state index contributed by atoms with van der Waals surface area (Å²) in [6.45, 7) is 5.06. The van der Waals surface area contributed by atoms with Crippen LogP contribution in [-0.2, 0) is 22.6 Å². The van der Waals surface area contributed by atoms with Crippen molar-refractivity contribution in [2.75, 3.05) is 58.0 Å². The highest BCUT2D eigenvalue weighted by atomic mass is 16.5. The van der Waals surface area contributed by atoms with Gasteiger partial charge in [0.15, 0.2) is 11.5 Å². The molecule has 0 radical (unpaired) electrons. The summed E-state index contributed by atoms with van der Waals surface area (Å²) in [6, 6.07) is 9.65. The first kappa shape index (κ1) is 27.4. The van der Waals surface area contributed by atoms with Crippen LogP contribution in [0.15, 0.2) is 42.7 Å². The van der Waals surface area contributed by atoms with Crippen LogP contribution in [-0.4, -0.2) is 84.4 Å². The average molecular weight is 562 g/mol. The molecule has 0 atom stereocenters. The summed E-state index contributed by atoms with van der Waals surface area (Å²) in [7, 11) is 1.64. The second-order valence-corrected chi connectivity index (χ2v) is 11.1. The third-order valence-corrected chi connectivity index (χ3v) is 8.26. The molecule has 41 heavy (non-hydrogen) atoms. The number of carbonyl (C=O) groups excluding carboxylic acids is 2. The monoisotopic (exact) mass is 561 g/mol. The Morgan fingerprint density at radius 3 is 2.73 bits per heavy atom. The van der Waals surface area contributed by atoms with E-state index in [0.29, 0.717) is 64.0 Å². The van der Waals surface area contributed by atoms with Gasteiger partial charge >= 0.3 is 6.03 Å². The highest BCUT2D eigenvalue weighted by Gasteiger charge is 2.28. The number of nitrogens with zero attached hydrogens (tertiary/aromatic N) is 5. The van der Waals surface area contributed by atoms with Crippen LogP contribution in [0.3, 0.4) is 0 Å². The van der Waals surface area contributed by atoms with Gasteiger partial charge in [0.05, 0.1) is 26.9 Å². The SMILES string of the molecule is COc1ccc(N2CCCN(Cc3ccnc4c3ccn4CC(=O)N3CCOCC3)C2=O)cc1OCCCC1CC1. The molecule has 10 heteroatoms. The number of aromatic nitrogens is 2. The molecule has 2 saturated heterocycles. The minimum absolute atomic E-state index is 0.0343. The highest BCUT2D eigenvalue weighted by molar-refractivity contribution is 5.93.